The van der Waals surface area contributed by atoms with Gasteiger partial charge in [0.1, 0.15) is 0 Å². The Labute approximate surface area is 101 Å². The topological polar surface area (TPSA) is 44.4 Å². The fraction of sp³-hybridized carbons (Fsp3) is 0.462. The third-order valence-electron chi connectivity index (χ3n) is 3.49. The van der Waals surface area contributed by atoms with Gasteiger partial charge < -0.3 is 10.6 Å². The molecular weight excluding hydrogens is 214 g/mol. The van der Waals surface area contributed by atoms with Gasteiger partial charge >= 0.3 is 0 Å². The smallest absolute Gasteiger partial charge is 0.255 e. The summed E-state index contributed by atoms with van der Waals surface area (Å²) in [5.74, 6) is 0.0231. The highest BCUT2D eigenvalue weighted by molar-refractivity contribution is 6.01. The lowest BCUT2D eigenvalue weighted by molar-refractivity contribution is 0.0834. The first kappa shape index (κ1) is 10.6. The highest BCUT2D eigenvalue weighted by Gasteiger charge is 2.27. The maximum absolute atomic E-state index is 12.0. The van der Waals surface area contributed by atoms with E-state index in [1.807, 2.05) is 24.3 Å². The van der Waals surface area contributed by atoms with Gasteiger partial charge in [0.25, 0.3) is 5.91 Å². The first-order valence-electron chi connectivity index (χ1n) is 6.25. The quantitative estimate of drug-likeness (QED) is 0.772. The number of hydrogen-bond acceptors (Lipinski definition) is 3. The van der Waals surface area contributed by atoms with Gasteiger partial charge in [0.05, 0.1) is 5.56 Å². The molecule has 1 unspecified atom stereocenters. The van der Waals surface area contributed by atoms with Gasteiger partial charge in [0.15, 0.2) is 6.29 Å². The predicted octanol–water partition coefficient (Wildman–Crippen LogP) is 1.61. The highest BCUT2D eigenvalue weighted by atomic mass is 16.2. The summed E-state index contributed by atoms with van der Waals surface area (Å²) in [5, 5.41) is 6.41. The number of piperidine rings is 1. The van der Waals surface area contributed by atoms with Crippen LogP contribution in [0.25, 0.3) is 0 Å². The number of hydrogen-bond donors (Lipinski definition) is 2. The second-order valence-electron chi connectivity index (χ2n) is 4.66. The Balaban J connectivity index is 1.80. The van der Waals surface area contributed by atoms with Crippen LogP contribution in [0.15, 0.2) is 24.3 Å². The van der Waals surface area contributed by atoms with Crippen molar-refractivity contribution in [1.29, 1.82) is 0 Å². The zero-order valence-corrected chi connectivity index (χ0v) is 9.78. The van der Waals surface area contributed by atoms with E-state index in [1.165, 1.54) is 19.3 Å². The molecule has 4 nitrogen and oxygen atoms in total. The van der Waals surface area contributed by atoms with E-state index in [9.17, 15) is 4.79 Å². The van der Waals surface area contributed by atoms with Crippen LogP contribution < -0.4 is 10.6 Å². The summed E-state index contributed by atoms with van der Waals surface area (Å²) in [5.41, 5.74) is 1.67. The molecule has 0 aliphatic carbocycles. The molecule has 17 heavy (non-hydrogen) atoms. The van der Waals surface area contributed by atoms with E-state index < -0.39 is 0 Å². The molecule has 1 amide bonds. The molecule has 90 valence electrons. The first-order valence-corrected chi connectivity index (χ1v) is 6.25. The van der Waals surface area contributed by atoms with Gasteiger partial charge in [0.2, 0.25) is 0 Å². The van der Waals surface area contributed by atoms with Crippen molar-refractivity contribution in [3.63, 3.8) is 0 Å². The van der Waals surface area contributed by atoms with E-state index >= 15 is 0 Å². The first-order chi connectivity index (χ1) is 8.34. The number of rotatable bonds is 1. The zero-order valence-electron chi connectivity index (χ0n) is 9.78. The highest BCUT2D eigenvalue weighted by Crippen LogP contribution is 2.22. The molecule has 1 aromatic rings. The van der Waals surface area contributed by atoms with Gasteiger partial charge in [-0.2, -0.15) is 0 Å². The monoisotopic (exact) mass is 231 g/mol. The van der Waals surface area contributed by atoms with E-state index in [0.29, 0.717) is 0 Å². The van der Waals surface area contributed by atoms with Gasteiger partial charge in [-0.3, -0.25) is 9.69 Å². The minimum absolute atomic E-state index is 0.0231. The SMILES string of the molecule is O=C1NC(N2CCCCC2)Nc2ccccc21. The van der Waals surface area contributed by atoms with Crippen LogP contribution >= 0.6 is 0 Å². The molecule has 2 heterocycles. The maximum atomic E-state index is 12.0. The fourth-order valence-electron chi connectivity index (χ4n) is 2.55. The van der Waals surface area contributed by atoms with Crippen LogP contribution in [0.3, 0.4) is 0 Å². The molecule has 1 atom stereocenters. The summed E-state index contributed by atoms with van der Waals surface area (Å²) in [4.78, 5) is 14.3. The summed E-state index contributed by atoms with van der Waals surface area (Å²) < 4.78 is 0. The van der Waals surface area contributed by atoms with Crippen molar-refractivity contribution in [3.8, 4) is 0 Å². The summed E-state index contributed by atoms with van der Waals surface area (Å²) in [6.07, 6.45) is 3.69. The van der Waals surface area contributed by atoms with Crippen LogP contribution in [-0.2, 0) is 0 Å². The second-order valence-corrected chi connectivity index (χ2v) is 4.66. The zero-order chi connectivity index (χ0) is 11.7. The molecule has 0 radical (unpaired) electrons. The third-order valence-corrected chi connectivity index (χ3v) is 3.49. The van der Waals surface area contributed by atoms with E-state index in [2.05, 4.69) is 15.5 Å². The normalized spacial score (nSPS) is 24.7. The average molecular weight is 231 g/mol. The number of para-hydroxylation sites is 1. The minimum Gasteiger partial charge on any atom is -0.352 e. The average Bonchev–Trinajstić information content (AvgIpc) is 2.40. The molecule has 0 spiro atoms. The van der Waals surface area contributed by atoms with Crippen molar-refractivity contribution in [3.05, 3.63) is 29.8 Å². The Morgan fingerprint density at radius 3 is 2.65 bits per heavy atom. The van der Waals surface area contributed by atoms with Crippen LogP contribution in [0.4, 0.5) is 5.69 Å². The van der Waals surface area contributed by atoms with Crippen LogP contribution in [0.5, 0.6) is 0 Å². The molecule has 4 heteroatoms. The van der Waals surface area contributed by atoms with Crippen LogP contribution in [0.2, 0.25) is 0 Å². The molecular formula is C13H17N3O. The summed E-state index contributed by atoms with van der Waals surface area (Å²) in [6, 6.07) is 7.66. The third kappa shape index (κ3) is 2.00. The Bertz CT molecular complexity index is 426. The van der Waals surface area contributed by atoms with Crippen molar-refractivity contribution in [2.75, 3.05) is 18.4 Å². The van der Waals surface area contributed by atoms with E-state index in [1.54, 1.807) is 0 Å². The fourth-order valence-corrected chi connectivity index (χ4v) is 2.55. The molecule has 0 bridgehead atoms. The summed E-state index contributed by atoms with van der Waals surface area (Å²) >= 11 is 0. The van der Waals surface area contributed by atoms with Crippen molar-refractivity contribution in [2.24, 2.45) is 0 Å². The van der Waals surface area contributed by atoms with Crippen LogP contribution in [-0.4, -0.2) is 30.2 Å². The molecule has 2 aliphatic heterocycles. The predicted molar refractivity (Wildman–Crippen MR) is 66.7 cm³/mol. The van der Waals surface area contributed by atoms with Crippen molar-refractivity contribution in [2.45, 2.75) is 25.6 Å². The molecule has 2 N–H and O–H groups in total. The molecule has 0 aromatic heterocycles. The number of likely N-dealkylation sites (tertiary alicyclic amines) is 1. The lowest BCUT2D eigenvalue weighted by Gasteiger charge is -2.38. The van der Waals surface area contributed by atoms with E-state index in [-0.39, 0.29) is 12.2 Å². The van der Waals surface area contributed by atoms with Crippen LogP contribution in [0.1, 0.15) is 29.6 Å². The lowest BCUT2D eigenvalue weighted by Crippen LogP contribution is -2.56. The number of benzene rings is 1. The number of fused-ring (bicyclic) bond motifs is 1. The molecule has 1 saturated heterocycles. The number of carbonyl (C=O) groups excluding carboxylic acids is 1. The van der Waals surface area contributed by atoms with Gasteiger partial charge in [-0.15, -0.1) is 0 Å². The largest absolute Gasteiger partial charge is 0.352 e. The number of amides is 1. The van der Waals surface area contributed by atoms with E-state index in [4.69, 9.17) is 0 Å². The number of nitrogens with one attached hydrogen (secondary N) is 2. The van der Waals surface area contributed by atoms with E-state index in [0.717, 1.165) is 24.3 Å². The van der Waals surface area contributed by atoms with Gasteiger partial charge in [0, 0.05) is 18.8 Å². The second kappa shape index (κ2) is 4.37. The molecule has 2 aliphatic rings. The van der Waals surface area contributed by atoms with Crippen molar-refractivity contribution in [1.82, 2.24) is 10.2 Å². The molecule has 0 saturated carbocycles. The van der Waals surface area contributed by atoms with Gasteiger partial charge in [-0.05, 0) is 25.0 Å². The molecule has 1 fully saturated rings. The lowest BCUT2D eigenvalue weighted by atomic mass is 10.1. The van der Waals surface area contributed by atoms with Gasteiger partial charge in [-0.1, -0.05) is 18.6 Å². The Morgan fingerprint density at radius 2 is 1.82 bits per heavy atom. The van der Waals surface area contributed by atoms with Crippen LogP contribution in [0, 0.1) is 0 Å². The molecule has 3 rings (SSSR count). The number of carbonyl (C=O) groups is 1. The minimum atomic E-state index is -0.0438. The summed E-state index contributed by atoms with van der Waals surface area (Å²) in [7, 11) is 0. The maximum Gasteiger partial charge on any atom is 0.255 e. The number of anilines is 1. The Hall–Kier alpha value is -1.55. The Kier molecular flexibility index (Phi) is 2.73. The summed E-state index contributed by atoms with van der Waals surface area (Å²) in [6.45, 7) is 2.11. The van der Waals surface area contributed by atoms with Crippen molar-refractivity contribution >= 4 is 11.6 Å². The standard InChI is InChI=1S/C13H17N3O/c17-12-10-6-2-3-7-11(10)14-13(15-12)16-8-4-1-5-9-16/h2-3,6-7,13-14H,1,4-5,8-9H2,(H,15,17). The van der Waals surface area contributed by atoms with Gasteiger partial charge in [-0.25, -0.2) is 0 Å². The molecule has 1 aromatic carbocycles. The van der Waals surface area contributed by atoms with Crippen molar-refractivity contribution < 1.29 is 4.79 Å². The number of nitrogens with zero attached hydrogens (tertiary/aromatic N) is 1. The Morgan fingerprint density at radius 1 is 1.06 bits per heavy atom.